The number of piperidine rings is 1. The van der Waals surface area contributed by atoms with Gasteiger partial charge in [0.1, 0.15) is 11.3 Å². The van der Waals surface area contributed by atoms with Crippen LogP contribution in [0.1, 0.15) is 55.4 Å². The summed E-state index contributed by atoms with van der Waals surface area (Å²) in [6.45, 7) is 4.93. The van der Waals surface area contributed by atoms with Gasteiger partial charge in [0.15, 0.2) is 17.6 Å². The van der Waals surface area contributed by atoms with E-state index in [9.17, 15) is 24.9 Å². The van der Waals surface area contributed by atoms with Gasteiger partial charge in [-0.2, -0.15) is 0 Å². The van der Waals surface area contributed by atoms with E-state index in [1.54, 1.807) is 13.0 Å². The molecule has 0 aromatic heterocycles. The predicted molar refractivity (Wildman–Crippen MR) is 153 cm³/mol. The van der Waals surface area contributed by atoms with E-state index in [1.165, 1.54) is 26.9 Å². The van der Waals surface area contributed by atoms with Crippen molar-refractivity contribution in [1.29, 1.82) is 0 Å². The van der Waals surface area contributed by atoms with Crippen molar-refractivity contribution in [2.45, 2.75) is 81.1 Å². The lowest BCUT2D eigenvalue weighted by Gasteiger charge is -2.59. The molecule has 1 saturated heterocycles. The lowest BCUT2D eigenvalue weighted by atomic mass is 9.53. The topological polar surface area (TPSA) is 129 Å². The molecule has 2 fully saturated rings. The molecular formula is C33H38N2O7. The van der Waals surface area contributed by atoms with Gasteiger partial charge in [-0.25, -0.2) is 4.79 Å². The summed E-state index contributed by atoms with van der Waals surface area (Å²) in [5.41, 5.74) is -0.115. The average molecular weight is 575 g/mol. The molecule has 4 atom stereocenters. The number of hydrogen-bond acceptors (Lipinski definition) is 8. The lowest BCUT2D eigenvalue weighted by molar-refractivity contribution is -0.153. The summed E-state index contributed by atoms with van der Waals surface area (Å²) in [4.78, 5) is 29.2. The van der Waals surface area contributed by atoms with Gasteiger partial charge in [-0.05, 0) is 74.8 Å². The second-order valence-electron chi connectivity index (χ2n) is 13.1. The van der Waals surface area contributed by atoms with Crippen LogP contribution in [0.5, 0.6) is 11.5 Å². The van der Waals surface area contributed by atoms with Crippen LogP contribution in [0.15, 0.2) is 47.7 Å². The van der Waals surface area contributed by atoms with Crippen molar-refractivity contribution < 1.29 is 34.4 Å². The second-order valence-corrected chi connectivity index (χ2v) is 13.1. The number of phenols is 1. The number of likely N-dealkylation sites (tertiary alicyclic amines) is 1. The van der Waals surface area contributed by atoms with E-state index in [0.717, 1.165) is 28.8 Å². The van der Waals surface area contributed by atoms with Gasteiger partial charge >= 0.3 is 5.97 Å². The Kier molecular flexibility index (Phi) is 5.99. The predicted octanol–water partition coefficient (Wildman–Crippen LogP) is 2.84. The minimum atomic E-state index is -1.32. The first kappa shape index (κ1) is 27.3. The molecule has 5 aliphatic rings. The zero-order valence-corrected chi connectivity index (χ0v) is 24.3. The highest BCUT2D eigenvalue weighted by atomic mass is 16.5. The molecular weight excluding hydrogens is 536 g/mol. The Morgan fingerprint density at radius 2 is 1.81 bits per heavy atom. The van der Waals surface area contributed by atoms with Crippen LogP contribution in [0, 0.1) is 5.92 Å². The number of hydrogen-bond donors (Lipinski definition) is 4. The fourth-order valence-electron chi connectivity index (χ4n) is 8.29. The minimum Gasteiger partial charge on any atom is -0.508 e. The Hall–Kier alpha value is -3.56. The number of benzene rings is 2. The van der Waals surface area contributed by atoms with Crippen LogP contribution >= 0.6 is 0 Å². The van der Waals surface area contributed by atoms with Crippen LogP contribution in [-0.2, 0) is 39.0 Å². The van der Waals surface area contributed by atoms with E-state index in [4.69, 9.17) is 9.47 Å². The fourth-order valence-corrected chi connectivity index (χ4v) is 8.29. The SMILES string of the molecule is COC(=O)C1(NC(=O)/C(C)=C(\O)[C@@H]2Oc3c(O)ccc4c3[C@@]23CCN(CC2CC2)[C@H](C4)[C@@]3(C)O)Cc2ccccc2C1. The fraction of sp³-hybridized carbons (Fsp3) is 0.515. The van der Waals surface area contributed by atoms with Crippen LogP contribution in [0.2, 0.25) is 0 Å². The second kappa shape index (κ2) is 9.22. The molecule has 7 rings (SSSR count). The van der Waals surface area contributed by atoms with Gasteiger partial charge in [-0.1, -0.05) is 30.3 Å². The third-order valence-electron chi connectivity index (χ3n) is 10.7. The number of methoxy groups -OCH3 is 1. The molecule has 1 spiro atoms. The lowest BCUT2D eigenvalue weighted by Crippen LogP contribution is -2.73. The first-order valence-electron chi connectivity index (χ1n) is 14.9. The van der Waals surface area contributed by atoms with E-state index < -0.39 is 34.5 Å². The number of phenolic OH excluding ortho intramolecular Hbond substituents is 1. The Balaban J connectivity index is 1.26. The quantitative estimate of drug-likeness (QED) is 0.236. The third-order valence-corrected chi connectivity index (χ3v) is 10.7. The van der Waals surface area contributed by atoms with Crippen LogP contribution in [-0.4, -0.2) is 75.6 Å². The van der Waals surface area contributed by atoms with Crippen molar-refractivity contribution in [2.24, 2.45) is 5.92 Å². The number of carbonyl (C=O) groups is 2. The Bertz CT molecular complexity index is 1500. The van der Waals surface area contributed by atoms with Gasteiger partial charge in [0.05, 0.1) is 23.7 Å². The number of rotatable bonds is 6. The summed E-state index contributed by atoms with van der Waals surface area (Å²) in [7, 11) is 1.30. The molecule has 1 amide bonds. The molecule has 0 unspecified atom stereocenters. The maximum absolute atomic E-state index is 13.8. The van der Waals surface area contributed by atoms with E-state index >= 15 is 0 Å². The van der Waals surface area contributed by atoms with Gasteiger partial charge in [-0.15, -0.1) is 0 Å². The molecule has 2 aliphatic heterocycles. The monoisotopic (exact) mass is 574 g/mol. The average Bonchev–Trinajstić information content (AvgIpc) is 3.59. The third kappa shape index (κ3) is 3.69. The van der Waals surface area contributed by atoms with Crippen molar-refractivity contribution in [3.63, 3.8) is 0 Å². The molecule has 9 heteroatoms. The Morgan fingerprint density at radius 3 is 2.45 bits per heavy atom. The molecule has 0 radical (unpaired) electrons. The highest BCUT2D eigenvalue weighted by Crippen LogP contribution is 2.63. The van der Waals surface area contributed by atoms with Crippen molar-refractivity contribution in [3.05, 3.63) is 70.0 Å². The van der Waals surface area contributed by atoms with E-state index in [-0.39, 0.29) is 41.7 Å². The molecule has 3 aliphatic carbocycles. The minimum absolute atomic E-state index is 0.0132. The van der Waals surface area contributed by atoms with E-state index in [2.05, 4.69) is 10.2 Å². The number of fused-ring (bicyclic) bond motifs is 2. The molecule has 1 saturated carbocycles. The van der Waals surface area contributed by atoms with Crippen molar-refractivity contribution >= 4 is 11.9 Å². The van der Waals surface area contributed by atoms with Gasteiger partial charge in [0.25, 0.3) is 5.91 Å². The van der Waals surface area contributed by atoms with E-state index in [1.807, 2.05) is 30.3 Å². The van der Waals surface area contributed by atoms with Crippen LogP contribution < -0.4 is 10.1 Å². The summed E-state index contributed by atoms with van der Waals surface area (Å²) in [6, 6.07) is 10.9. The van der Waals surface area contributed by atoms with Crippen LogP contribution in [0.3, 0.4) is 0 Å². The Morgan fingerprint density at radius 1 is 1.12 bits per heavy atom. The highest BCUT2D eigenvalue weighted by molar-refractivity contribution is 5.98. The molecule has 4 N–H and O–H groups in total. The summed E-state index contributed by atoms with van der Waals surface area (Å²) in [5, 5.41) is 37.9. The summed E-state index contributed by atoms with van der Waals surface area (Å²) in [5.74, 6) is -0.661. The van der Waals surface area contributed by atoms with Crippen molar-refractivity contribution in [3.8, 4) is 11.5 Å². The highest BCUT2D eigenvalue weighted by Gasteiger charge is 2.69. The number of nitrogens with zero attached hydrogens (tertiary/aromatic N) is 1. The molecule has 222 valence electrons. The summed E-state index contributed by atoms with van der Waals surface area (Å²) >= 11 is 0. The molecule has 9 nitrogen and oxygen atoms in total. The van der Waals surface area contributed by atoms with Gasteiger partial charge in [-0.3, -0.25) is 9.69 Å². The first-order valence-corrected chi connectivity index (χ1v) is 14.9. The normalized spacial score (nSPS) is 31.0. The standard InChI is InChI=1S/C33H38N2O7/c1-18(29(38)34-32(30(39)41-3)15-21-6-4-5-7-22(21)16-32)26(37)28-33-12-13-35(17-19-8-9-19)24(31(33,2)40)14-20-10-11-23(36)27(42-28)25(20)33/h4-7,10-11,19,24,28,36-37,40H,8-9,12-17H2,1-3H3,(H,34,38)/b26-18-/t24-,28+,31-,33+/m1/s1. The number of carbonyl (C=O) groups excluding carboxylic acids is 2. The number of aliphatic hydroxyl groups is 2. The summed E-state index contributed by atoms with van der Waals surface area (Å²) < 4.78 is 11.5. The molecule has 2 aromatic rings. The van der Waals surface area contributed by atoms with E-state index in [0.29, 0.717) is 25.3 Å². The van der Waals surface area contributed by atoms with Gasteiger partial charge < -0.3 is 30.1 Å². The molecule has 2 heterocycles. The van der Waals surface area contributed by atoms with Crippen molar-refractivity contribution in [1.82, 2.24) is 10.2 Å². The smallest absolute Gasteiger partial charge is 0.332 e. The maximum Gasteiger partial charge on any atom is 0.332 e. The van der Waals surface area contributed by atoms with Crippen LogP contribution in [0.25, 0.3) is 0 Å². The molecule has 2 aromatic carbocycles. The molecule has 42 heavy (non-hydrogen) atoms. The number of amides is 1. The Labute approximate surface area is 245 Å². The number of nitrogens with one attached hydrogen (secondary N) is 1. The maximum atomic E-state index is 13.8. The zero-order chi connectivity index (χ0) is 29.6. The number of aliphatic hydroxyl groups excluding tert-OH is 1. The largest absolute Gasteiger partial charge is 0.508 e. The molecule has 2 bridgehead atoms. The first-order chi connectivity index (χ1) is 20.0. The number of aromatic hydroxyl groups is 1. The summed E-state index contributed by atoms with van der Waals surface area (Å²) in [6.07, 6.45) is 2.94. The number of esters is 1. The van der Waals surface area contributed by atoms with Crippen molar-refractivity contribution in [2.75, 3.05) is 20.2 Å². The number of ether oxygens (including phenoxy) is 2. The van der Waals surface area contributed by atoms with Gasteiger partial charge in [0.2, 0.25) is 0 Å². The van der Waals surface area contributed by atoms with Crippen LogP contribution in [0.4, 0.5) is 0 Å². The zero-order valence-electron chi connectivity index (χ0n) is 24.3. The van der Waals surface area contributed by atoms with Gasteiger partial charge in [0, 0.05) is 31.0 Å².